The standard InChI is InChI=1S/C17H14ClN3O/c18-15-8-12(11-19)7-14(9-15)13-3-1-4-16(10-13)21-6-2-5-20-17(21)22/h1,3-4,7-10H,2,5-6H2,(H,20,22). The number of anilines is 1. The van der Waals surface area contributed by atoms with E-state index >= 15 is 0 Å². The summed E-state index contributed by atoms with van der Waals surface area (Å²) in [4.78, 5) is 13.7. The molecule has 0 atom stereocenters. The molecule has 0 radical (unpaired) electrons. The van der Waals surface area contributed by atoms with Crippen molar-refractivity contribution in [1.82, 2.24) is 5.32 Å². The second kappa shape index (κ2) is 6.08. The van der Waals surface area contributed by atoms with Crippen molar-refractivity contribution in [3.8, 4) is 17.2 Å². The van der Waals surface area contributed by atoms with Crippen molar-refractivity contribution in [2.75, 3.05) is 18.0 Å². The summed E-state index contributed by atoms with van der Waals surface area (Å²) >= 11 is 6.06. The molecular weight excluding hydrogens is 298 g/mol. The predicted molar refractivity (Wildman–Crippen MR) is 87.0 cm³/mol. The lowest BCUT2D eigenvalue weighted by Crippen LogP contribution is -2.46. The minimum Gasteiger partial charge on any atom is -0.338 e. The topological polar surface area (TPSA) is 56.1 Å². The maximum absolute atomic E-state index is 11.9. The third-order valence-electron chi connectivity index (χ3n) is 3.60. The zero-order chi connectivity index (χ0) is 15.5. The minimum absolute atomic E-state index is 0.0767. The quantitative estimate of drug-likeness (QED) is 0.917. The Labute approximate surface area is 133 Å². The van der Waals surface area contributed by atoms with Gasteiger partial charge in [0.2, 0.25) is 0 Å². The Kier molecular flexibility index (Phi) is 3.99. The summed E-state index contributed by atoms with van der Waals surface area (Å²) in [6, 6.07) is 15.0. The number of hydrogen-bond acceptors (Lipinski definition) is 2. The SMILES string of the molecule is N#Cc1cc(Cl)cc(-c2cccc(N3CCCNC3=O)c2)c1. The second-order valence-corrected chi connectivity index (χ2v) is 5.56. The molecule has 0 aliphatic carbocycles. The smallest absolute Gasteiger partial charge is 0.321 e. The van der Waals surface area contributed by atoms with E-state index < -0.39 is 0 Å². The van der Waals surface area contributed by atoms with Gasteiger partial charge in [0.05, 0.1) is 11.6 Å². The van der Waals surface area contributed by atoms with Crippen molar-refractivity contribution in [1.29, 1.82) is 5.26 Å². The lowest BCUT2D eigenvalue weighted by molar-refractivity contribution is 0.243. The van der Waals surface area contributed by atoms with Crippen LogP contribution >= 0.6 is 11.6 Å². The van der Waals surface area contributed by atoms with Crippen LogP contribution in [0.4, 0.5) is 10.5 Å². The van der Waals surface area contributed by atoms with Crippen molar-refractivity contribution in [2.24, 2.45) is 0 Å². The number of hydrogen-bond donors (Lipinski definition) is 1. The molecule has 2 aromatic carbocycles. The van der Waals surface area contributed by atoms with E-state index in [9.17, 15) is 4.79 Å². The molecule has 2 amide bonds. The fourth-order valence-electron chi connectivity index (χ4n) is 2.55. The lowest BCUT2D eigenvalue weighted by Gasteiger charge is -2.27. The Morgan fingerprint density at radius 3 is 2.82 bits per heavy atom. The van der Waals surface area contributed by atoms with Gasteiger partial charge in [-0.05, 0) is 47.9 Å². The molecule has 0 unspecified atom stereocenters. The fraction of sp³-hybridized carbons (Fsp3) is 0.176. The van der Waals surface area contributed by atoms with Crippen LogP contribution in [-0.2, 0) is 0 Å². The molecule has 3 rings (SSSR count). The molecule has 1 fully saturated rings. The number of rotatable bonds is 2. The van der Waals surface area contributed by atoms with Crippen LogP contribution in [0, 0.1) is 11.3 Å². The number of nitrogens with zero attached hydrogens (tertiary/aromatic N) is 2. The van der Waals surface area contributed by atoms with Gasteiger partial charge < -0.3 is 5.32 Å². The highest BCUT2D eigenvalue weighted by Gasteiger charge is 2.19. The van der Waals surface area contributed by atoms with Crippen LogP contribution in [0.25, 0.3) is 11.1 Å². The van der Waals surface area contributed by atoms with Crippen LogP contribution in [0.5, 0.6) is 0 Å². The van der Waals surface area contributed by atoms with Gasteiger partial charge in [-0.2, -0.15) is 5.26 Å². The average molecular weight is 312 g/mol. The molecule has 1 N–H and O–H groups in total. The molecule has 5 heteroatoms. The molecular formula is C17H14ClN3O. The molecule has 0 bridgehead atoms. The monoisotopic (exact) mass is 311 g/mol. The largest absolute Gasteiger partial charge is 0.338 e. The average Bonchev–Trinajstić information content (AvgIpc) is 2.55. The molecule has 1 saturated heterocycles. The van der Waals surface area contributed by atoms with E-state index in [1.807, 2.05) is 30.3 Å². The molecule has 1 aliphatic heterocycles. The van der Waals surface area contributed by atoms with E-state index in [2.05, 4.69) is 11.4 Å². The summed E-state index contributed by atoms with van der Waals surface area (Å²) in [5.74, 6) is 0. The Morgan fingerprint density at radius 2 is 2.05 bits per heavy atom. The van der Waals surface area contributed by atoms with Crippen molar-refractivity contribution in [2.45, 2.75) is 6.42 Å². The van der Waals surface area contributed by atoms with Crippen LogP contribution in [0.1, 0.15) is 12.0 Å². The first-order valence-corrected chi connectivity index (χ1v) is 7.42. The van der Waals surface area contributed by atoms with E-state index in [-0.39, 0.29) is 6.03 Å². The third kappa shape index (κ3) is 2.90. The number of amides is 2. The van der Waals surface area contributed by atoms with E-state index in [1.165, 1.54) is 0 Å². The highest BCUT2D eigenvalue weighted by atomic mass is 35.5. The number of benzene rings is 2. The molecule has 1 aliphatic rings. The first-order valence-electron chi connectivity index (χ1n) is 7.04. The van der Waals surface area contributed by atoms with Crippen molar-refractivity contribution >= 4 is 23.3 Å². The molecule has 22 heavy (non-hydrogen) atoms. The van der Waals surface area contributed by atoms with E-state index in [0.717, 1.165) is 29.8 Å². The highest BCUT2D eigenvalue weighted by molar-refractivity contribution is 6.31. The van der Waals surface area contributed by atoms with Gasteiger partial charge in [0, 0.05) is 23.8 Å². The van der Waals surface area contributed by atoms with Crippen LogP contribution in [0.3, 0.4) is 0 Å². The predicted octanol–water partition coefficient (Wildman–Crippen LogP) is 3.80. The second-order valence-electron chi connectivity index (χ2n) is 5.13. The maximum atomic E-state index is 11.9. The van der Waals surface area contributed by atoms with Gasteiger partial charge >= 0.3 is 6.03 Å². The Balaban J connectivity index is 1.99. The molecule has 1 heterocycles. The number of carbonyl (C=O) groups excluding carboxylic acids is 1. The van der Waals surface area contributed by atoms with Gasteiger partial charge in [-0.3, -0.25) is 4.90 Å². The van der Waals surface area contributed by atoms with E-state index in [1.54, 1.807) is 17.0 Å². The Hall–Kier alpha value is -2.51. The first kappa shape index (κ1) is 14.4. The third-order valence-corrected chi connectivity index (χ3v) is 3.82. The lowest BCUT2D eigenvalue weighted by atomic mass is 10.0. The summed E-state index contributed by atoms with van der Waals surface area (Å²) in [6.07, 6.45) is 0.922. The van der Waals surface area contributed by atoms with Gasteiger partial charge in [-0.1, -0.05) is 23.7 Å². The van der Waals surface area contributed by atoms with Gasteiger partial charge in [0.15, 0.2) is 0 Å². The molecule has 4 nitrogen and oxygen atoms in total. The summed E-state index contributed by atoms with van der Waals surface area (Å²) < 4.78 is 0. The van der Waals surface area contributed by atoms with Crippen LogP contribution in [0.15, 0.2) is 42.5 Å². The highest BCUT2D eigenvalue weighted by Crippen LogP contribution is 2.28. The summed E-state index contributed by atoms with van der Waals surface area (Å²) in [5.41, 5.74) is 3.15. The Bertz CT molecular complexity index is 767. The molecule has 2 aromatic rings. The summed E-state index contributed by atoms with van der Waals surface area (Å²) in [7, 11) is 0. The summed E-state index contributed by atoms with van der Waals surface area (Å²) in [6.45, 7) is 1.42. The summed E-state index contributed by atoms with van der Waals surface area (Å²) in [5, 5.41) is 12.4. The van der Waals surface area contributed by atoms with Crippen LogP contribution in [0.2, 0.25) is 5.02 Å². The fourth-order valence-corrected chi connectivity index (χ4v) is 2.79. The van der Waals surface area contributed by atoms with Gasteiger partial charge in [0.1, 0.15) is 0 Å². The number of nitriles is 1. The minimum atomic E-state index is -0.0767. The molecule has 0 saturated carbocycles. The van der Waals surface area contributed by atoms with Gasteiger partial charge in [-0.25, -0.2) is 4.79 Å². The maximum Gasteiger partial charge on any atom is 0.321 e. The molecule has 0 aromatic heterocycles. The number of carbonyl (C=O) groups is 1. The van der Waals surface area contributed by atoms with Crippen LogP contribution in [-0.4, -0.2) is 19.1 Å². The zero-order valence-corrected chi connectivity index (χ0v) is 12.6. The zero-order valence-electron chi connectivity index (χ0n) is 11.8. The van der Waals surface area contributed by atoms with Crippen molar-refractivity contribution < 1.29 is 4.79 Å². The first-order chi connectivity index (χ1) is 10.7. The van der Waals surface area contributed by atoms with Crippen molar-refractivity contribution in [3.63, 3.8) is 0 Å². The van der Waals surface area contributed by atoms with Crippen LogP contribution < -0.4 is 10.2 Å². The number of nitrogens with one attached hydrogen (secondary N) is 1. The number of halogens is 1. The van der Waals surface area contributed by atoms with Gasteiger partial charge in [0.25, 0.3) is 0 Å². The van der Waals surface area contributed by atoms with E-state index in [0.29, 0.717) is 17.1 Å². The normalized spacial score (nSPS) is 14.4. The number of urea groups is 1. The molecule has 110 valence electrons. The molecule has 0 spiro atoms. The Morgan fingerprint density at radius 1 is 1.18 bits per heavy atom. The van der Waals surface area contributed by atoms with E-state index in [4.69, 9.17) is 16.9 Å². The van der Waals surface area contributed by atoms with Gasteiger partial charge in [-0.15, -0.1) is 0 Å². The van der Waals surface area contributed by atoms with Crippen molar-refractivity contribution in [3.05, 3.63) is 53.1 Å².